The van der Waals surface area contributed by atoms with E-state index in [9.17, 15) is 18.8 Å². The van der Waals surface area contributed by atoms with Crippen molar-refractivity contribution in [1.29, 1.82) is 0 Å². The van der Waals surface area contributed by atoms with Crippen molar-refractivity contribution in [2.75, 3.05) is 0 Å². The molecular weight excluding hydrogens is 267 g/mol. The number of aliphatic carboxylic acids is 1. The topological polar surface area (TPSA) is 109 Å². The summed E-state index contributed by atoms with van der Waals surface area (Å²) in [6.45, 7) is 0. The van der Waals surface area contributed by atoms with Crippen molar-refractivity contribution in [2.45, 2.75) is 25.3 Å². The third-order valence-corrected chi connectivity index (χ3v) is 2.62. The van der Waals surface area contributed by atoms with Crippen molar-refractivity contribution in [3.05, 3.63) is 35.6 Å². The highest BCUT2D eigenvalue weighted by molar-refractivity contribution is 5.85. The zero-order valence-corrected chi connectivity index (χ0v) is 10.6. The van der Waals surface area contributed by atoms with Gasteiger partial charge < -0.3 is 16.2 Å². The number of rotatable bonds is 7. The average Bonchev–Trinajstić information content (AvgIpc) is 2.36. The number of hydrogen-bond donors (Lipinski definition) is 3. The van der Waals surface area contributed by atoms with Crippen LogP contribution in [0.2, 0.25) is 0 Å². The highest BCUT2D eigenvalue weighted by Crippen LogP contribution is 2.07. The van der Waals surface area contributed by atoms with E-state index in [1.165, 1.54) is 18.2 Å². The molecule has 0 bridgehead atoms. The predicted octanol–water partition coefficient (Wildman–Crippen LogP) is 0.203. The minimum atomic E-state index is -1.27. The zero-order valence-electron chi connectivity index (χ0n) is 10.6. The van der Waals surface area contributed by atoms with E-state index in [-0.39, 0.29) is 24.8 Å². The van der Waals surface area contributed by atoms with Crippen LogP contribution in [0.3, 0.4) is 0 Å². The fourth-order valence-electron chi connectivity index (χ4n) is 1.60. The van der Waals surface area contributed by atoms with E-state index in [4.69, 9.17) is 10.8 Å². The lowest BCUT2D eigenvalue weighted by molar-refractivity contribution is -0.142. The van der Waals surface area contributed by atoms with Crippen LogP contribution in [0.15, 0.2) is 24.3 Å². The number of primary amides is 1. The molecule has 0 radical (unpaired) electrons. The van der Waals surface area contributed by atoms with E-state index < -0.39 is 29.6 Å². The van der Waals surface area contributed by atoms with Gasteiger partial charge in [0.25, 0.3) is 0 Å². The second-order valence-corrected chi connectivity index (χ2v) is 4.23. The molecule has 1 aromatic carbocycles. The molecule has 0 fully saturated rings. The second kappa shape index (κ2) is 7.22. The van der Waals surface area contributed by atoms with Crippen LogP contribution in [0.5, 0.6) is 0 Å². The number of carboxylic acid groups (broad SMARTS) is 1. The van der Waals surface area contributed by atoms with Gasteiger partial charge in [0.2, 0.25) is 11.8 Å². The Balaban J connectivity index is 2.60. The molecule has 0 unspecified atom stereocenters. The summed E-state index contributed by atoms with van der Waals surface area (Å²) in [5, 5.41) is 11.1. The van der Waals surface area contributed by atoms with Gasteiger partial charge in [0.15, 0.2) is 0 Å². The van der Waals surface area contributed by atoms with Crippen molar-refractivity contribution < 1.29 is 23.9 Å². The van der Waals surface area contributed by atoms with Gasteiger partial charge in [-0.25, -0.2) is 9.18 Å². The minimum absolute atomic E-state index is 0.103. The average molecular weight is 282 g/mol. The SMILES string of the molecule is NC(=O)CC[C@@H](NC(=O)Cc1ccccc1F)C(=O)O. The second-order valence-electron chi connectivity index (χ2n) is 4.23. The Morgan fingerprint density at radius 3 is 2.50 bits per heavy atom. The quantitative estimate of drug-likeness (QED) is 0.663. The van der Waals surface area contributed by atoms with Crippen LogP contribution in [0, 0.1) is 5.82 Å². The summed E-state index contributed by atoms with van der Waals surface area (Å²) in [6.07, 6.45) is -0.530. The first-order chi connectivity index (χ1) is 9.40. The summed E-state index contributed by atoms with van der Waals surface area (Å²) in [6, 6.07) is 4.50. The van der Waals surface area contributed by atoms with Crippen LogP contribution in [-0.4, -0.2) is 28.9 Å². The van der Waals surface area contributed by atoms with Gasteiger partial charge in [-0.15, -0.1) is 0 Å². The number of amides is 2. The van der Waals surface area contributed by atoms with E-state index in [0.29, 0.717) is 0 Å². The highest BCUT2D eigenvalue weighted by Gasteiger charge is 2.20. The van der Waals surface area contributed by atoms with E-state index in [2.05, 4.69) is 5.32 Å². The number of hydrogen-bond acceptors (Lipinski definition) is 3. The highest BCUT2D eigenvalue weighted by atomic mass is 19.1. The maximum absolute atomic E-state index is 13.3. The summed E-state index contributed by atoms with van der Waals surface area (Å²) in [7, 11) is 0. The van der Waals surface area contributed by atoms with Crippen molar-refractivity contribution in [2.24, 2.45) is 5.73 Å². The van der Waals surface area contributed by atoms with Crippen molar-refractivity contribution >= 4 is 17.8 Å². The molecule has 0 heterocycles. The molecule has 0 aliphatic carbocycles. The maximum atomic E-state index is 13.3. The molecule has 0 aliphatic rings. The molecule has 0 spiro atoms. The third kappa shape index (κ3) is 5.05. The molecule has 2 amide bonds. The van der Waals surface area contributed by atoms with Crippen molar-refractivity contribution in [3.8, 4) is 0 Å². The summed E-state index contributed by atoms with van der Waals surface area (Å²) >= 11 is 0. The van der Waals surface area contributed by atoms with Gasteiger partial charge >= 0.3 is 5.97 Å². The van der Waals surface area contributed by atoms with Gasteiger partial charge in [0.1, 0.15) is 11.9 Å². The van der Waals surface area contributed by atoms with Gasteiger partial charge in [-0.05, 0) is 18.1 Å². The number of carbonyl (C=O) groups excluding carboxylic acids is 2. The molecule has 0 saturated carbocycles. The Bertz CT molecular complexity index is 519. The van der Waals surface area contributed by atoms with Crippen molar-refractivity contribution in [3.63, 3.8) is 0 Å². The van der Waals surface area contributed by atoms with Gasteiger partial charge in [-0.2, -0.15) is 0 Å². The summed E-state index contributed by atoms with van der Waals surface area (Å²) in [5.74, 6) is -3.09. The fraction of sp³-hybridized carbons (Fsp3) is 0.308. The van der Waals surface area contributed by atoms with E-state index in [1.807, 2.05) is 0 Å². The Morgan fingerprint density at radius 2 is 1.95 bits per heavy atom. The number of halogens is 1. The van der Waals surface area contributed by atoms with Gasteiger partial charge in [0, 0.05) is 6.42 Å². The molecule has 0 saturated heterocycles. The van der Waals surface area contributed by atoms with Gasteiger partial charge in [-0.3, -0.25) is 9.59 Å². The third-order valence-electron chi connectivity index (χ3n) is 2.62. The Hall–Kier alpha value is -2.44. The number of carbonyl (C=O) groups is 3. The normalized spacial score (nSPS) is 11.7. The first-order valence-corrected chi connectivity index (χ1v) is 5.94. The summed E-state index contributed by atoms with van der Waals surface area (Å²) in [4.78, 5) is 33.2. The van der Waals surface area contributed by atoms with Crippen LogP contribution in [0.25, 0.3) is 0 Å². The predicted molar refractivity (Wildman–Crippen MR) is 68.1 cm³/mol. The minimum Gasteiger partial charge on any atom is -0.480 e. The fourth-order valence-corrected chi connectivity index (χ4v) is 1.60. The Kier molecular flexibility index (Phi) is 5.64. The standard InChI is InChI=1S/C13H15FN2O4/c14-9-4-2-1-3-8(9)7-12(18)16-10(13(19)20)5-6-11(15)17/h1-4,10H,5-7H2,(H2,15,17)(H,16,18)(H,19,20)/t10-/m1/s1. The summed E-state index contributed by atoms with van der Waals surface area (Å²) in [5.41, 5.74) is 5.09. The maximum Gasteiger partial charge on any atom is 0.326 e. The molecule has 0 aliphatic heterocycles. The lowest BCUT2D eigenvalue weighted by Gasteiger charge is -2.13. The largest absolute Gasteiger partial charge is 0.480 e. The summed E-state index contributed by atoms with van der Waals surface area (Å²) < 4.78 is 13.3. The molecule has 1 atom stereocenters. The van der Waals surface area contributed by atoms with E-state index >= 15 is 0 Å². The molecule has 4 N–H and O–H groups in total. The Morgan fingerprint density at radius 1 is 1.30 bits per heavy atom. The first-order valence-electron chi connectivity index (χ1n) is 5.94. The van der Waals surface area contributed by atoms with Gasteiger partial charge in [-0.1, -0.05) is 18.2 Å². The molecule has 0 aromatic heterocycles. The van der Waals surface area contributed by atoms with Crippen LogP contribution < -0.4 is 11.1 Å². The molecule has 1 aromatic rings. The lowest BCUT2D eigenvalue weighted by atomic mass is 10.1. The lowest BCUT2D eigenvalue weighted by Crippen LogP contribution is -2.42. The van der Waals surface area contributed by atoms with E-state index in [0.717, 1.165) is 0 Å². The zero-order chi connectivity index (χ0) is 15.1. The molecule has 108 valence electrons. The van der Waals surface area contributed by atoms with Crippen LogP contribution in [0.1, 0.15) is 18.4 Å². The van der Waals surface area contributed by atoms with Crippen LogP contribution >= 0.6 is 0 Å². The smallest absolute Gasteiger partial charge is 0.326 e. The Labute approximate surface area is 114 Å². The number of nitrogens with two attached hydrogens (primary N) is 1. The molecule has 20 heavy (non-hydrogen) atoms. The molecule has 6 nitrogen and oxygen atoms in total. The monoisotopic (exact) mass is 282 g/mol. The van der Waals surface area contributed by atoms with Crippen LogP contribution in [0.4, 0.5) is 4.39 Å². The van der Waals surface area contributed by atoms with Gasteiger partial charge in [0.05, 0.1) is 6.42 Å². The van der Waals surface area contributed by atoms with E-state index in [1.54, 1.807) is 6.07 Å². The molecule has 7 heteroatoms. The number of nitrogens with one attached hydrogen (secondary N) is 1. The first kappa shape index (κ1) is 15.6. The van der Waals surface area contributed by atoms with Crippen LogP contribution in [-0.2, 0) is 20.8 Å². The number of carboxylic acids is 1. The van der Waals surface area contributed by atoms with Crippen molar-refractivity contribution in [1.82, 2.24) is 5.32 Å². The molecular formula is C13H15FN2O4. The molecule has 1 rings (SSSR count). The number of benzene rings is 1.